The summed E-state index contributed by atoms with van der Waals surface area (Å²) >= 11 is 18.3. The van der Waals surface area contributed by atoms with Crippen LogP contribution in [0.15, 0.2) is 24.3 Å². The Bertz CT molecular complexity index is 838. The van der Waals surface area contributed by atoms with Gasteiger partial charge in [-0.05, 0) is 31.2 Å². The van der Waals surface area contributed by atoms with Crippen LogP contribution in [0.2, 0.25) is 15.1 Å². The molecular formula is C16H13Cl3N2O2. The van der Waals surface area contributed by atoms with Gasteiger partial charge in [-0.25, -0.2) is 4.98 Å². The molecule has 0 fully saturated rings. The van der Waals surface area contributed by atoms with Crippen LogP contribution in [-0.4, -0.2) is 23.7 Å². The van der Waals surface area contributed by atoms with Gasteiger partial charge >= 0.3 is 0 Å². The van der Waals surface area contributed by atoms with Crippen LogP contribution in [0, 0.1) is 0 Å². The van der Waals surface area contributed by atoms with Crippen LogP contribution >= 0.6 is 34.8 Å². The molecule has 0 bridgehead atoms. The van der Waals surface area contributed by atoms with Crippen LogP contribution in [-0.2, 0) is 0 Å². The number of hydrogen-bond donors (Lipinski definition) is 1. The van der Waals surface area contributed by atoms with Gasteiger partial charge in [-0.1, -0.05) is 34.8 Å². The zero-order chi connectivity index (χ0) is 16.6. The fourth-order valence-electron chi connectivity index (χ4n) is 2.31. The minimum atomic E-state index is 0.449. The molecule has 0 saturated carbocycles. The predicted octanol–water partition coefficient (Wildman–Crippen LogP) is 5.60. The first-order valence-corrected chi connectivity index (χ1v) is 8.02. The van der Waals surface area contributed by atoms with E-state index >= 15 is 0 Å². The van der Waals surface area contributed by atoms with Gasteiger partial charge in [0.1, 0.15) is 5.82 Å². The number of benzene rings is 2. The second-order valence-corrected chi connectivity index (χ2v) is 6.01. The van der Waals surface area contributed by atoms with Crippen molar-refractivity contribution in [2.24, 2.45) is 0 Å². The van der Waals surface area contributed by atoms with Gasteiger partial charge in [0.15, 0.2) is 11.5 Å². The number of H-pyrrole nitrogens is 1. The molecule has 7 heteroatoms. The minimum absolute atomic E-state index is 0.449. The average molecular weight is 372 g/mol. The van der Waals surface area contributed by atoms with Gasteiger partial charge in [-0.15, -0.1) is 0 Å². The number of aromatic amines is 1. The molecule has 0 atom stereocenters. The number of imidazole rings is 1. The molecule has 23 heavy (non-hydrogen) atoms. The van der Waals surface area contributed by atoms with Crippen molar-refractivity contribution in [3.05, 3.63) is 39.3 Å². The molecule has 1 heterocycles. The Balaban J connectivity index is 2.14. The highest BCUT2D eigenvalue weighted by molar-refractivity contribution is 6.42. The van der Waals surface area contributed by atoms with Crippen LogP contribution in [0.1, 0.15) is 6.92 Å². The van der Waals surface area contributed by atoms with Crippen molar-refractivity contribution in [1.29, 1.82) is 0 Å². The summed E-state index contributed by atoms with van der Waals surface area (Å²) in [6.45, 7) is 2.40. The zero-order valence-electron chi connectivity index (χ0n) is 12.4. The van der Waals surface area contributed by atoms with Crippen molar-refractivity contribution in [2.75, 3.05) is 13.7 Å². The standard InChI is InChI=1S/C16H13Cl3N2O2/c1-3-23-14-5-8(4-11(19)15(14)22-2)16-20-12-6-9(17)10(18)7-13(12)21-16/h4-7H,3H2,1-2H3,(H,20,21). The van der Waals surface area contributed by atoms with E-state index < -0.39 is 0 Å². The molecule has 0 aliphatic heterocycles. The third-order valence-electron chi connectivity index (χ3n) is 3.31. The number of methoxy groups -OCH3 is 1. The van der Waals surface area contributed by atoms with E-state index in [9.17, 15) is 0 Å². The maximum atomic E-state index is 6.28. The molecule has 3 rings (SSSR count). The van der Waals surface area contributed by atoms with E-state index in [4.69, 9.17) is 44.3 Å². The molecule has 0 aliphatic carbocycles. The zero-order valence-corrected chi connectivity index (χ0v) is 14.7. The van der Waals surface area contributed by atoms with Gasteiger partial charge in [-0.3, -0.25) is 0 Å². The smallest absolute Gasteiger partial charge is 0.179 e. The van der Waals surface area contributed by atoms with Crippen LogP contribution in [0.3, 0.4) is 0 Å². The molecule has 2 aromatic carbocycles. The summed E-state index contributed by atoms with van der Waals surface area (Å²) in [6.07, 6.45) is 0. The molecule has 0 spiro atoms. The summed E-state index contributed by atoms with van der Waals surface area (Å²) in [5.74, 6) is 1.71. The number of fused-ring (bicyclic) bond motifs is 1. The molecule has 4 nitrogen and oxygen atoms in total. The molecular weight excluding hydrogens is 359 g/mol. The molecule has 3 aromatic rings. The van der Waals surface area contributed by atoms with Crippen LogP contribution in [0.25, 0.3) is 22.4 Å². The number of halogens is 3. The fraction of sp³-hybridized carbons (Fsp3) is 0.188. The molecule has 120 valence electrons. The highest BCUT2D eigenvalue weighted by atomic mass is 35.5. The normalized spacial score (nSPS) is 11.0. The molecule has 1 N–H and O–H groups in total. The Morgan fingerprint density at radius 3 is 2.48 bits per heavy atom. The summed E-state index contributed by atoms with van der Waals surface area (Å²) < 4.78 is 10.9. The van der Waals surface area contributed by atoms with Crippen LogP contribution in [0.5, 0.6) is 11.5 Å². The molecule has 0 radical (unpaired) electrons. The van der Waals surface area contributed by atoms with Crippen molar-refractivity contribution in [3.63, 3.8) is 0 Å². The lowest BCUT2D eigenvalue weighted by atomic mass is 10.2. The number of ether oxygens (including phenoxy) is 2. The lowest BCUT2D eigenvalue weighted by Crippen LogP contribution is -1.97. The highest BCUT2D eigenvalue weighted by Crippen LogP contribution is 2.39. The first-order chi connectivity index (χ1) is 11.0. The predicted molar refractivity (Wildman–Crippen MR) is 94.3 cm³/mol. The fourth-order valence-corrected chi connectivity index (χ4v) is 2.92. The van der Waals surface area contributed by atoms with E-state index in [-0.39, 0.29) is 0 Å². The van der Waals surface area contributed by atoms with Crippen LogP contribution in [0.4, 0.5) is 0 Å². The second kappa shape index (κ2) is 6.48. The van der Waals surface area contributed by atoms with Crippen molar-refractivity contribution in [3.8, 4) is 22.9 Å². The van der Waals surface area contributed by atoms with E-state index in [0.29, 0.717) is 39.0 Å². The number of hydrogen-bond acceptors (Lipinski definition) is 3. The summed E-state index contributed by atoms with van der Waals surface area (Å²) in [6, 6.07) is 7.05. The van der Waals surface area contributed by atoms with E-state index in [1.807, 2.05) is 13.0 Å². The number of rotatable bonds is 4. The van der Waals surface area contributed by atoms with Crippen molar-refractivity contribution >= 4 is 45.8 Å². The SMILES string of the molecule is CCOc1cc(-c2nc3cc(Cl)c(Cl)cc3[nH]2)cc(Cl)c1OC. The van der Waals surface area contributed by atoms with Gasteiger partial charge in [0.25, 0.3) is 0 Å². The van der Waals surface area contributed by atoms with E-state index in [2.05, 4.69) is 9.97 Å². The van der Waals surface area contributed by atoms with E-state index in [1.165, 1.54) is 0 Å². The second-order valence-electron chi connectivity index (χ2n) is 4.79. The van der Waals surface area contributed by atoms with Crippen molar-refractivity contribution in [1.82, 2.24) is 9.97 Å². The van der Waals surface area contributed by atoms with Gasteiger partial charge in [0, 0.05) is 5.56 Å². The molecule has 1 aromatic heterocycles. The molecule has 0 aliphatic rings. The van der Waals surface area contributed by atoms with Crippen molar-refractivity contribution in [2.45, 2.75) is 6.92 Å². The third-order valence-corrected chi connectivity index (χ3v) is 4.31. The van der Waals surface area contributed by atoms with Gasteiger partial charge in [-0.2, -0.15) is 0 Å². The Kier molecular flexibility index (Phi) is 4.57. The summed E-state index contributed by atoms with van der Waals surface area (Å²) in [5.41, 5.74) is 2.29. The van der Waals surface area contributed by atoms with E-state index in [0.717, 1.165) is 16.6 Å². The molecule has 0 saturated heterocycles. The van der Waals surface area contributed by atoms with Gasteiger partial charge in [0.05, 0.1) is 39.8 Å². The number of aromatic nitrogens is 2. The lowest BCUT2D eigenvalue weighted by molar-refractivity contribution is 0.311. The van der Waals surface area contributed by atoms with Gasteiger partial charge in [0.2, 0.25) is 0 Å². The van der Waals surface area contributed by atoms with Crippen LogP contribution < -0.4 is 9.47 Å². The monoisotopic (exact) mass is 370 g/mol. The Labute approximate surface area is 148 Å². The Morgan fingerprint density at radius 1 is 1.04 bits per heavy atom. The molecule has 0 unspecified atom stereocenters. The summed E-state index contributed by atoms with van der Waals surface area (Å²) in [4.78, 5) is 7.73. The maximum Gasteiger partial charge on any atom is 0.179 e. The lowest BCUT2D eigenvalue weighted by Gasteiger charge is -2.12. The first kappa shape index (κ1) is 16.2. The largest absolute Gasteiger partial charge is 0.491 e. The number of nitrogens with one attached hydrogen (secondary N) is 1. The third kappa shape index (κ3) is 3.07. The Morgan fingerprint density at radius 2 is 1.78 bits per heavy atom. The Hall–Kier alpha value is -1.62. The number of nitrogens with zero attached hydrogens (tertiary/aromatic N) is 1. The molecule has 0 amide bonds. The van der Waals surface area contributed by atoms with E-state index in [1.54, 1.807) is 25.3 Å². The van der Waals surface area contributed by atoms with Gasteiger partial charge < -0.3 is 14.5 Å². The topological polar surface area (TPSA) is 47.1 Å². The summed E-state index contributed by atoms with van der Waals surface area (Å²) in [7, 11) is 1.55. The average Bonchev–Trinajstić information content (AvgIpc) is 2.90. The summed E-state index contributed by atoms with van der Waals surface area (Å²) in [5, 5.41) is 1.38. The van der Waals surface area contributed by atoms with Crippen molar-refractivity contribution < 1.29 is 9.47 Å². The highest BCUT2D eigenvalue weighted by Gasteiger charge is 2.15. The minimum Gasteiger partial charge on any atom is -0.491 e. The maximum absolute atomic E-state index is 6.28. The first-order valence-electron chi connectivity index (χ1n) is 6.89. The quantitative estimate of drug-likeness (QED) is 0.649.